The van der Waals surface area contributed by atoms with E-state index in [4.69, 9.17) is 4.74 Å². The molecule has 5 aliphatic carbocycles. The maximum atomic E-state index is 11.4. The van der Waals surface area contributed by atoms with E-state index in [1.165, 1.54) is 161 Å². The summed E-state index contributed by atoms with van der Waals surface area (Å²) in [6, 6.07) is 0. The molecule has 0 radical (unpaired) electrons. The van der Waals surface area contributed by atoms with Crippen LogP contribution >= 0.6 is 0 Å². The van der Waals surface area contributed by atoms with Crippen molar-refractivity contribution < 1.29 is 9.53 Å². The van der Waals surface area contributed by atoms with E-state index in [1.807, 2.05) is 0 Å². The minimum absolute atomic E-state index is 0.181. The lowest BCUT2D eigenvalue weighted by atomic mass is 9.47. The molecule has 0 aromatic rings. The Morgan fingerprint density at radius 2 is 1.13 bits per heavy atom. The Hall–Kier alpha value is -0.530. The number of rotatable bonds is 16. The molecule has 2 heteroatoms. The van der Waals surface area contributed by atoms with Crippen molar-refractivity contribution in [2.75, 3.05) is 0 Å². The van der Waals surface area contributed by atoms with Crippen LogP contribution in [0.4, 0.5) is 0 Å². The fourth-order valence-corrected chi connectivity index (χ4v) is 12.7. The smallest absolute Gasteiger partial charge is 0.293 e. The molecule has 0 heterocycles. The summed E-state index contributed by atoms with van der Waals surface area (Å²) in [5.74, 6) is 5.85. The lowest BCUT2D eigenvalue weighted by Gasteiger charge is -2.58. The SMILES string of the molecule is CCCCC[C@H]1CC[C@H](C2(CC(C3CCCCC3)C3([C@H]4CC[C@H](CCCCC)CC4)CCCCC3)CCC(OC=O)CC2)CC1. The van der Waals surface area contributed by atoms with Gasteiger partial charge in [-0.15, -0.1) is 0 Å². The van der Waals surface area contributed by atoms with Crippen molar-refractivity contribution in [3.63, 3.8) is 0 Å². The first-order valence-corrected chi connectivity index (χ1v) is 21.2. The van der Waals surface area contributed by atoms with Crippen LogP contribution < -0.4 is 0 Å². The van der Waals surface area contributed by atoms with E-state index in [-0.39, 0.29) is 6.10 Å². The Bertz CT molecular complexity index is 798. The molecular weight excluding hydrogens is 548 g/mol. The Morgan fingerprint density at radius 3 is 1.67 bits per heavy atom. The molecule has 1 atom stereocenters. The predicted molar refractivity (Wildman–Crippen MR) is 191 cm³/mol. The standard InChI is InChI=1S/C43H76O2/c1-3-5-9-15-35-19-23-38(24-20-35)42(31-27-40(28-32-42)45-34-44)33-41(37-17-11-7-12-18-37)43(29-13-8-14-30-43)39-25-21-36(22-26-39)16-10-6-4-2/h34-41H,3-33H2,1-2H3/t35-,36-,38-,39-,40?,41?,42?. The Kier molecular flexibility index (Phi) is 14.5. The molecule has 45 heavy (non-hydrogen) atoms. The van der Waals surface area contributed by atoms with E-state index in [0.717, 1.165) is 54.8 Å². The molecule has 5 fully saturated rings. The minimum Gasteiger partial charge on any atom is -0.465 e. The van der Waals surface area contributed by atoms with Gasteiger partial charge in [-0.25, -0.2) is 0 Å². The van der Waals surface area contributed by atoms with Gasteiger partial charge in [0.25, 0.3) is 6.47 Å². The monoisotopic (exact) mass is 625 g/mol. The molecule has 5 rings (SSSR count). The number of carbonyl (C=O) groups excluding carboxylic acids is 1. The topological polar surface area (TPSA) is 26.3 Å². The molecule has 0 saturated heterocycles. The fourth-order valence-electron chi connectivity index (χ4n) is 12.7. The molecule has 260 valence electrons. The van der Waals surface area contributed by atoms with Crippen LogP contribution in [0.25, 0.3) is 0 Å². The Labute approximate surface area is 280 Å². The zero-order valence-corrected chi connectivity index (χ0v) is 30.4. The Balaban J connectivity index is 1.38. The Morgan fingerprint density at radius 1 is 0.600 bits per heavy atom. The van der Waals surface area contributed by atoms with E-state index >= 15 is 0 Å². The van der Waals surface area contributed by atoms with Crippen molar-refractivity contribution in [2.45, 2.75) is 219 Å². The molecule has 0 aromatic carbocycles. The van der Waals surface area contributed by atoms with Gasteiger partial charge in [0.2, 0.25) is 0 Å². The van der Waals surface area contributed by atoms with Crippen LogP contribution in [0.1, 0.15) is 213 Å². The van der Waals surface area contributed by atoms with Gasteiger partial charge in [-0.1, -0.05) is 142 Å². The average molecular weight is 625 g/mol. The van der Waals surface area contributed by atoms with Gasteiger partial charge < -0.3 is 4.74 Å². The molecule has 1 unspecified atom stereocenters. The molecule has 0 aliphatic heterocycles. The van der Waals surface area contributed by atoms with E-state index in [2.05, 4.69) is 13.8 Å². The predicted octanol–water partition coefficient (Wildman–Crippen LogP) is 13.4. The van der Waals surface area contributed by atoms with Crippen LogP contribution in [0.3, 0.4) is 0 Å². The fraction of sp³-hybridized carbons (Fsp3) is 0.977. The molecule has 2 nitrogen and oxygen atoms in total. The number of carbonyl (C=O) groups is 1. The number of unbranched alkanes of at least 4 members (excludes halogenated alkanes) is 4. The summed E-state index contributed by atoms with van der Waals surface area (Å²) in [5.41, 5.74) is 1.12. The number of ether oxygens (including phenoxy) is 1. The quantitative estimate of drug-likeness (QED) is 0.126. The highest BCUT2D eigenvalue weighted by Crippen LogP contribution is 2.63. The second-order valence-electron chi connectivity index (χ2n) is 17.7. The summed E-state index contributed by atoms with van der Waals surface area (Å²) in [6.45, 7) is 5.47. The van der Waals surface area contributed by atoms with Crippen molar-refractivity contribution in [1.82, 2.24) is 0 Å². The van der Waals surface area contributed by atoms with Crippen LogP contribution in [-0.4, -0.2) is 12.6 Å². The molecule has 0 aromatic heterocycles. The average Bonchev–Trinajstić information content (AvgIpc) is 3.10. The second-order valence-corrected chi connectivity index (χ2v) is 17.7. The van der Waals surface area contributed by atoms with Gasteiger partial charge in [0, 0.05) is 0 Å². The van der Waals surface area contributed by atoms with Gasteiger partial charge in [-0.2, -0.15) is 0 Å². The number of hydrogen-bond donors (Lipinski definition) is 0. The van der Waals surface area contributed by atoms with Gasteiger partial charge in [-0.3, -0.25) is 4.79 Å². The first-order chi connectivity index (χ1) is 22.1. The molecule has 0 amide bonds. The summed E-state index contributed by atoms with van der Waals surface area (Å²) in [4.78, 5) is 11.4. The van der Waals surface area contributed by atoms with Gasteiger partial charge in [0.1, 0.15) is 6.10 Å². The first-order valence-electron chi connectivity index (χ1n) is 21.2. The molecule has 0 N–H and O–H groups in total. The molecular formula is C43H76O2. The van der Waals surface area contributed by atoms with Gasteiger partial charge in [-0.05, 0) is 117 Å². The highest BCUT2D eigenvalue weighted by Gasteiger charge is 2.53. The summed E-state index contributed by atoms with van der Waals surface area (Å²) in [6.07, 6.45) is 45.4. The van der Waals surface area contributed by atoms with Gasteiger partial charge in [0.15, 0.2) is 0 Å². The van der Waals surface area contributed by atoms with Crippen LogP contribution in [-0.2, 0) is 9.53 Å². The van der Waals surface area contributed by atoms with E-state index in [1.54, 1.807) is 25.7 Å². The van der Waals surface area contributed by atoms with Crippen LogP contribution in [0.5, 0.6) is 0 Å². The van der Waals surface area contributed by atoms with Crippen molar-refractivity contribution in [1.29, 1.82) is 0 Å². The third-order valence-corrected chi connectivity index (χ3v) is 15.3. The highest BCUT2D eigenvalue weighted by molar-refractivity contribution is 5.37. The second kappa shape index (κ2) is 18.3. The molecule has 5 saturated carbocycles. The lowest BCUT2D eigenvalue weighted by molar-refractivity contribution is -0.138. The van der Waals surface area contributed by atoms with Crippen LogP contribution in [0.15, 0.2) is 0 Å². The van der Waals surface area contributed by atoms with Crippen LogP contribution in [0, 0.1) is 46.3 Å². The van der Waals surface area contributed by atoms with Crippen molar-refractivity contribution in [3.8, 4) is 0 Å². The molecule has 5 aliphatic rings. The van der Waals surface area contributed by atoms with Gasteiger partial charge >= 0.3 is 0 Å². The zero-order valence-electron chi connectivity index (χ0n) is 30.4. The van der Waals surface area contributed by atoms with Gasteiger partial charge in [0.05, 0.1) is 0 Å². The van der Waals surface area contributed by atoms with E-state index in [0.29, 0.717) is 10.8 Å². The van der Waals surface area contributed by atoms with Crippen molar-refractivity contribution >= 4 is 6.47 Å². The van der Waals surface area contributed by atoms with E-state index in [9.17, 15) is 4.79 Å². The normalized spacial score (nSPS) is 35.5. The summed E-state index contributed by atoms with van der Waals surface area (Å²) in [5, 5.41) is 0. The summed E-state index contributed by atoms with van der Waals surface area (Å²) < 4.78 is 5.65. The maximum Gasteiger partial charge on any atom is 0.293 e. The highest BCUT2D eigenvalue weighted by atomic mass is 16.5. The summed E-state index contributed by atoms with van der Waals surface area (Å²) >= 11 is 0. The largest absolute Gasteiger partial charge is 0.465 e. The first kappa shape index (κ1) is 35.8. The van der Waals surface area contributed by atoms with E-state index < -0.39 is 0 Å². The summed E-state index contributed by atoms with van der Waals surface area (Å²) in [7, 11) is 0. The lowest BCUT2D eigenvalue weighted by Crippen LogP contribution is -2.49. The molecule has 0 spiro atoms. The van der Waals surface area contributed by atoms with Crippen molar-refractivity contribution in [3.05, 3.63) is 0 Å². The van der Waals surface area contributed by atoms with Crippen LogP contribution in [0.2, 0.25) is 0 Å². The minimum atomic E-state index is 0.181. The molecule has 0 bridgehead atoms. The maximum absolute atomic E-state index is 11.4. The number of hydrogen-bond acceptors (Lipinski definition) is 2. The van der Waals surface area contributed by atoms with Crippen molar-refractivity contribution in [2.24, 2.45) is 46.3 Å². The third kappa shape index (κ3) is 9.34. The zero-order chi connectivity index (χ0) is 31.4. The third-order valence-electron chi connectivity index (χ3n) is 15.3.